The number of ether oxygens (including phenoxy) is 1. The fraction of sp³-hybridized carbons (Fsp3) is 0.385. The molecule has 1 aliphatic carbocycles. The average molecular weight is 359 g/mol. The van der Waals surface area contributed by atoms with E-state index >= 15 is 0 Å². The third kappa shape index (κ3) is 3.44. The molecule has 0 heterocycles. The van der Waals surface area contributed by atoms with Crippen LogP contribution < -0.4 is 5.32 Å². The first kappa shape index (κ1) is 13.3. The zero-order chi connectivity index (χ0) is 13.1. The number of rotatable bonds is 4. The van der Waals surface area contributed by atoms with Crippen LogP contribution in [0.2, 0.25) is 0 Å². The lowest BCUT2D eigenvalue weighted by Crippen LogP contribution is -2.37. The second-order valence-corrected chi connectivity index (χ2v) is 5.47. The predicted octanol–water partition coefficient (Wildman–Crippen LogP) is 2.12. The maximum Gasteiger partial charge on any atom is 0.339 e. The van der Waals surface area contributed by atoms with Gasteiger partial charge >= 0.3 is 5.97 Å². The van der Waals surface area contributed by atoms with Gasteiger partial charge in [-0.1, -0.05) is 12.1 Å². The standard InChI is InChI=1S/C13H14INO3/c1-8(12(16)15-9-6-7-9)18-13(17)10-4-2-3-5-11(10)14/h2-5,8-9H,6-7H2,1H3,(H,15,16)/t8-/m0/s1. The molecule has 1 aromatic carbocycles. The van der Waals surface area contributed by atoms with Crippen molar-refractivity contribution in [1.29, 1.82) is 0 Å². The molecule has 1 fully saturated rings. The first-order chi connectivity index (χ1) is 8.58. The van der Waals surface area contributed by atoms with Crippen LogP contribution in [-0.4, -0.2) is 24.0 Å². The average Bonchev–Trinajstić information content (AvgIpc) is 3.13. The molecule has 0 saturated heterocycles. The van der Waals surface area contributed by atoms with Crippen molar-refractivity contribution in [3.8, 4) is 0 Å². The summed E-state index contributed by atoms with van der Waals surface area (Å²) in [6.07, 6.45) is 1.28. The second-order valence-electron chi connectivity index (χ2n) is 4.31. The number of hydrogen-bond donors (Lipinski definition) is 1. The van der Waals surface area contributed by atoms with Gasteiger partial charge in [-0.25, -0.2) is 4.79 Å². The highest BCUT2D eigenvalue weighted by molar-refractivity contribution is 14.1. The van der Waals surface area contributed by atoms with Crippen LogP contribution in [-0.2, 0) is 9.53 Å². The quantitative estimate of drug-likeness (QED) is 0.662. The Morgan fingerprint density at radius 2 is 2.06 bits per heavy atom. The van der Waals surface area contributed by atoms with E-state index in [0.29, 0.717) is 5.56 Å². The van der Waals surface area contributed by atoms with Crippen LogP contribution in [0.4, 0.5) is 0 Å². The Hall–Kier alpha value is -1.11. The monoisotopic (exact) mass is 359 g/mol. The van der Waals surface area contributed by atoms with Gasteiger partial charge in [-0.05, 0) is 54.5 Å². The van der Waals surface area contributed by atoms with Gasteiger partial charge in [0.1, 0.15) is 0 Å². The molecule has 0 spiro atoms. The molecule has 1 N–H and O–H groups in total. The van der Waals surface area contributed by atoms with Gasteiger partial charge in [0.05, 0.1) is 5.56 Å². The molecule has 5 heteroatoms. The van der Waals surface area contributed by atoms with Crippen molar-refractivity contribution in [3.63, 3.8) is 0 Å². The van der Waals surface area contributed by atoms with Gasteiger partial charge in [-0.2, -0.15) is 0 Å². The van der Waals surface area contributed by atoms with E-state index in [9.17, 15) is 9.59 Å². The molecular formula is C13H14INO3. The molecule has 18 heavy (non-hydrogen) atoms. The summed E-state index contributed by atoms with van der Waals surface area (Å²) in [5, 5.41) is 2.81. The summed E-state index contributed by atoms with van der Waals surface area (Å²) in [4.78, 5) is 23.5. The lowest BCUT2D eigenvalue weighted by molar-refractivity contribution is -0.129. The van der Waals surface area contributed by atoms with Crippen LogP contribution in [0, 0.1) is 3.57 Å². The molecule has 0 aliphatic heterocycles. The zero-order valence-electron chi connectivity index (χ0n) is 9.98. The molecule has 1 atom stereocenters. The normalized spacial score (nSPS) is 15.9. The number of amides is 1. The highest BCUT2D eigenvalue weighted by Gasteiger charge is 2.27. The van der Waals surface area contributed by atoms with Gasteiger partial charge in [0.15, 0.2) is 6.10 Å². The zero-order valence-corrected chi connectivity index (χ0v) is 12.1. The van der Waals surface area contributed by atoms with Crippen molar-refractivity contribution in [2.24, 2.45) is 0 Å². The summed E-state index contributed by atoms with van der Waals surface area (Å²) in [5.41, 5.74) is 0.490. The minimum Gasteiger partial charge on any atom is -0.449 e. The summed E-state index contributed by atoms with van der Waals surface area (Å²) < 4.78 is 5.97. The Bertz CT molecular complexity index is 471. The third-order valence-corrected chi connectivity index (χ3v) is 3.61. The number of carbonyl (C=O) groups is 2. The Morgan fingerprint density at radius 3 is 2.67 bits per heavy atom. The van der Waals surface area contributed by atoms with Crippen LogP contribution in [0.15, 0.2) is 24.3 Å². The highest BCUT2D eigenvalue weighted by Crippen LogP contribution is 2.19. The summed E-state index contributed by atoms with van der Waals surface area (Å²) >= 11 is 2.07. The molecule has 0 radical (unpaired) electrons. The Balaban J connectivity index is 1.94. The van der Waals surface area contributed by atoms with Crippen LogP contribution >= 0.6 is 22.6 Å². The summed E-state index contributed by atoms with van der Waals surface area (Å²) in [6, 6.07) is 7.41. The number of carbonyl (C=O) groups excluding carboxylic acids is 2. The number of hydrogen-bond acceptors (Lipinski definition) is 3. The van der Waals surface area contributed by atoms with Crippen molar-refractivity contribution in [2.45, 2.75) is 31.9 Å². The Labute approximate surface area is 119 Å². The fourth-order valence-corrected chi connectivity index (χ4v) is 2.06. The van der Waals surface area contributed by atoms with Crippen LogP contribution in [0.25, 0.3) is 0 Å². The molecule has 0 aromatic heterocycles. The van der Waals surface area contributed by atoms with E-state index in [2.05, 4.69) is 27.9 Å². The van der Waals surface area contributed by atoms with E-state index < -0.39 is 12.1 Å². The van der Waals surface area contributed by atoms with Gasteiger partial charge < -0.3 is 10.1 Å². The van der Waals surface area contributed by atoms with Gasteiger partial charge in [0.2, 0.25) is 0 Å². The highest BCUT2D eigenvalue weighted by atomic mass is 127. The third-order valence-electron chi connectivity index (χ3n) is 2.67. The van der Waals surface area contributed by atoms with Crippen molar-refractivity contribution in [1.82, 2.24) is 5.32 Å². The molecule has 1 aliphatic rings. The lowest BCUT2D eigenvalue weighted by Gasteiger charge is -2.13. The fourth-order valence-electron chi connectivity index (χ4n) is 1.45. The predicted molar refractivity (Wildman–Crippen MR) is 75.2 cm³/mol. The first-order valence-electron chi connectivity index (χ1n) is 5.84. The van der Waals surface area contributed by atoms with Crippen LogP contribution in [0.5, 0.6) is 0 Å². The number of benzene rings is 1. The minimum atomic E-state index is -0.755. The maximum absolute atomic E-state index is 11.9. The summed E-state index contributed by atoms with van der Waals surface area (Å²) in [7, 11) is 0. The van der Waals surface area contributed by atoms with Crippen molar-refractivity contribution in [2.75, 3.05) is 0 Å². The molecule has 1 saturated carbocycles. The van der Waals surface area contributed by atoms with Crippen molar-refractivity contribution < 1.29 is 14.3 Å². The van der Waals surface area contributed by atoms with E-state index in [1.165, 1.54) is 0 Å². The molecule has 1 aromatic rings. The van der Waals surface area contributed by atoms with Gasteiger partial charge in [-0.3, -0.25) is 4.79 Å². The number of nitrogens with one attached hydrogen (secondary N) is 1. The van der Waals surface area contributed by atoms with Crippen LogP contribution in [0.1, 0.15) is 30.1 Å². The molecule has 0 unspecified atom stereocenters. The largest absolute Gasteiger partial charge is 0.449 e. The molecule has 4 nitrogen and oxygen atoms in total. The molecule has 96 valence electrons. The summed E-state index contributed by atoms with van der Waals surface area (Å²) in [6.45, 7) is 1.59. The van der Waals surface area contributed by atoms with Crippen molar-refractivity contribution >= 4 is 34.5 Å². The van der Waals surface area contributed by atoms with E-state index in [4.69, 9.17) is 4.74 Å². The van der Waals surface area contributed by atoms with Gasteiger partial charge in [-0.15, -0.1) is 0 Å². The molecule has 1 amide bonds. The maximum atomic E-state index is 11.9. The number of esters is 1. The molecule has 2 rings (SSSR count). The van der Waals surface area contributed by atoms with Crippen LogP contribution in [0.3, 0.4) is 0 Å². The first-order valence-corrected chi connectivity index (χ1v) is 6.91. The van der Waals surface area contributed by atoms with E-state index in [1.54, 1.807) is 19.1 Å². The molecule has 0 bridgehead atoms. The summed E-state index contributed by atoms with van der Waals surface area (Å²) in [5.74, 6) is -0.685. The SMILES string of the molecule is C[C@H](OC(=O)c1ccccc1I)C(=O)NC1CC1. The Kier molecular flexibility index (Phi) is 4.21. The molecular weight excluding hydrogens is 345 g/mol. The van der Waals surface area contributed by atoms with Gasteiger partial charge in [0.25, 0.3) is 5.91 Å². The minimum absolute atomic E-state index is 0.225. The van der Waals surface area contributed by atoms with E-state index in [0.717, 1.165) is 16.4 Å². The van der Waals surface area contributed by atoms with Crippen molar-refractivity contribution in [3.05, 3.63) is 33.4 Å². The van der Waals surface area contributed by atoms with E-state index in [-0.39, 0.29) is 11.9 Å². The lowest BCUT2D eigenvalue weighted by atomic mass is 10.2. The number of halogens is 1. The topological polar surface area (TPSA) is 55.4 Å². The second kappa shape index (κ2) is 5.69. The Morgan fingerprint density at radius 1 is 1.39 bits per heavy atom. The van der Waals surface area contributed by atoms with E-state index in [1.807, 2.05) is 12.1 Å². The van der Waals surface area contributed by atoms with Gasteiger partial charge in [0, 0.05) is 9.61 Å². The smallest absolute Gasteiger partial charge is 0.339 e.